The van der Waals surface area contributed by atoms with Crippen LogP contribution in [0.4, 0.5) is 10.4 Å². The van der Waals surface area contributed by atoms with Crippen molar-refractivity contribution in [3.05, 3.63) is 41.5 Å². The molecule has 6 unspecified atom stereocenters. The van der Waals surface area contributed by atoms with Gasteiger partial charge in [-0.1, -0.05) is 25.1 Å². The van der Waals surface area contributed by atoms with E-state index in [0.29, 0.717) is 55.2 Å². The van der Waals surface area contributed by atoms with Gasteiger partial charge in [-0.3, -0.25) is 0 Å². The van der Waals surface area contributed by atoms with E-state index in [0.717, 1.165) is 11.1 Å². The van der Waals surface area contributed by atoms with E-state index in [-0.39, 0.29) is 29.7 Å². The normalized spacial score (nSPS) is 42.7. The topological polar surface area (TPSA) is 113 Å². The molecule has 6 rings (SSSR count). The van der Waals surface area contributed by atoms with E-state index in [2.05, 4.69) is 18.0 Å². The van der Waals surface area contributed by atoms with E-state index < -0.39 is 23.5 Å². The molecular formula is C26H31FN2O4. The summed E-state index contributed by atoms with van der Waals surface area (Å²) in [5, 5.41) is 33.5. The van der Waals surface area contributed by atoms with Crippen LogP contribution < -0.4 is 5.73 Å². The second kappa shape index (κ2) is 6.90. The van der Waals surface area contributed by atoms with E-state index >= 15 is 4.39 Å². The Morgan fingerprint density at radius 2 is 2.00 bits per heavy atom. The third-order valence-electron chi connectivity index (χ3n) is 9.18. The van der Waals surface area contributed by atoms with Crippen LogP contribution in [0.25, 0.3) is 16.7 Å². The number of hydrogen-bond acceptors (Lipinski definition) is 6. The van der Waals surface area contributed by atoms with Crippen molar-refractivity contribution >= 4 is 22.7 Å². The molecule has 33 heavy (non-hydrogen) atoms. The smallest absolute Gasteiger partial charge is 0.292 e. The molecule has 0 bridgehead atoms. The van der Waals surface area contributed by atoms with Crippen molar-refractivity contribution in [3.8, 4) is 0 Å². The van der Waals surface area contributed by atoms with Gasteiger partial charge in [-0.15, -0.1) is 0 Å². The minimum absolute atomic E-state index is 0.0714. The molecule has 0 aliphatic heterocycles. The molecule has 7 atom stereocenters. The Balaban J connectivity index is 1.39. The highest BCUT2D eigenvalue weighted by Crippen LogP contribution is 2.63. The summed E-state index contributed by atoms with van der Waals surface area (Å²) in [4.78, 5) is 4.17. The summed E-state index contributed by atoms with van der Waals surface area (Å²) in [5.74, 6) is -0.523. The number of aromatic nitrogens is 1. The maximum atomic E-state index is 16.2. The van der Waals surface area contributed by atoms with Gasteiger partial charge in [0.05, 0.1) is 11.7 Å². The minimum atomic E-state index is -1.90. The number of oxazole rings is 1. The number of nitrogen functional groups attached to an aromatic ring is 1. The molecule has 2 fully saturated rings. The molecule has 2 saturated carbocycles. The van der Waals surface area contributed by atoms with E-state index in [9.17, 15) is 15.3 Å². The number of aliphatic hydroxyl groups excluding tert-OH is 2. The summed E-state index contributed by atoms with van der Waals surface area (Å²) < 4.78 is 21.7. The highest BCUT2D eigenvalue weighted by molar-refractivity contribution is 5.83. The largest absolute Gasteiger partial charge is 0.424 e. The average Bonchev–Trinajstić information content (AvgIpc) is 3.29. The predicted molar refractivity (Wildman–Crippen MR) is 123 cm³/mol. The Labute approximate surface area is 192 Å². The number of aliphatic hydroxyl groups is 3. The number of nitrogens with zero attached hydrogens (tertiary/aromatic N) is 1. The van der Waals surface area contributed by atoms with E-state index in [1.165, 1.54) is 0 Å². The molecule has 0 amide bonds. The van der Waals surface area contributed by atoms with Gasteiger partial charge >= 0.3 is 0 Å². The number of fused-ring (bicyclic) bond motifs is 5. The quantitative estimate of drug-likeness (QED) is 0.486. The molecule has 2 aromatic rings. The number of rotatable bonds is 1. The molecule has 176 valence electrons. The lowest BCUT2D eigenvalue weighted by Crippen LogP contribution is -2.55. The Kier molecular flexibility index (Phi) is 4.46. The Hall–Kier alpha value is -2.22. The fraction of sp³-hybridized carbons (Fsp3) is 0.577. The number of nitrogens with two attached hydrogens (primary N) is 1. The summed E-state index contributed by atoms with van der Waals surface area (Å²) in [6.07, 6.45) is 5.06. The molecule has 6 nitrogen and oxygen atoms in total. The van der Waals surface area contributed by atoms with Gasteiger partial charge in [0.1, 0.15) is 17.3 Å². The Bertz CT molecular complexity index is 1190. The monoisotopic (exact) mass is 454 g/mol. The molecule has 4 aliphatic rings. The Morgan fingerprint density at radius 3 is 2.82 bits per heavy atom. The zero-order valence-electron chi connectivity index (χ0n) is 18.8. The van der Waals surface area contributed by atoms with Crippen molar-refractivity contribution in [1.82, 2.24) is 4.98 Å². The number of alkyl halides is 1. The van der Waals surface area contributed by atoms with Crippen molar-refractivity contribution < 1.29 is 24.1 Å². The van der Waals surface area contributed by atoms with Crippen LogP contribution in [-0.2, 0) is 0 Å². The first kappa shape index (κ1) is 21.3. The Morgan fingerprint density at radius 1 is 1.18 bits per heavy atom. The van der Waals surface area contributed by atoms with Crippen molar-refractivity contribution in [1.29, 1.82) is 0 Å². The van der Waals surface area contributed by atoms with Crippen LogP contribution in [0.5, 0.6) is 0 Å². The summed E-state index contributed by atoms with van der Waals surface area (Å²) in [7, 11) is 0. The fourth-order valence-corrected chi connectivity index (χ4v) is 7.45. The van der Waals surface area contributed by atoms with Gasteiger partial charge in [0.25, 0.3) is 6.01 Å². The van der Waals surface area contributed by atoms with Crippen LogP contribution in [0.3, 0.4) is 0 Å². The third kappa shape index (κ3) is 2.85. The molecule has 1 aromatic heterocycles. The highest BCUT2D eigenvalue weighted by atomic mass is 19.1. The van der Waals surface area contributed by atoms with Gasteiger partial charge in [-0.2, -0.15) is 4.98 Å². The molecule has 1 aromatic carbocycles. The van der Waals surface area contributed by atoms with Gasteiger partial charge < -0.3 is 25.5 Å². The summed E-state index contributed by atoms with van der Waals surface area (Å²) >= 11 is 0. The van der Waals surface area contributed by atoms with Crippen molar-refractivity contribution in [3.63, 3.8) is 0 Å². The predicted octanol–water partition coefficient (Wildman–Crippen LogP) is 3.90. The van der Waals surface area contributed by atoms with Crippen molar-refractivity contribution in [2.24, 2.45) is 17.3 Å². The lowest BCUT2D eigenvalue weighted by atomic mass is 9.57. The highest BCUT2D eigenvalue weighted by Gasteiger charge is 2.62. The second-order valence-electron chi connectivity index (χ2n) is 10.8. The zero-order valence-corrected chi connectivity index (χ0v) is 18.8. The first-order valence-corrected chi connectivity index (χ1v) is 12.0. The molecular weight excluding hydrogens is 423 g/mol. The molecule has 0 radical (unpaired) electrons. The number of benzene rings is 1. The van der Waals surface area contributed by atoms with Crippen LogP contribution in [0.2, 0.25) is 0 Å². The molecule has 1 heterocycles. The standard InChI is InChI=1S/C26H31FN2O4/c1-24-10-9-18-22(31)25(27)13-16(30)4-3-15(25)8-11-26(18,32)21(24)7-5-17(24)14-2-6-19-20(12-14)33-23(28)29-19/h2,5-6,9,12,15-16,21-22,30-32H,3-4,7-8,10-11,13H2,1H3,(H2,28,29)/t15?,16?,21?,22?,24?,25?,26-/m1/s1. The second-order valence-corrected chi connectivity index (χ2v) is 10.8. The number of allylic oxidation sites excluding steroid dienone is 3. The minimum Gasteiger partial charge on any atom is -0.424 e. The van der Waals surface area contributed by atoms with Crippen molar-refractivity contribution in [2.75, 3.05) is 5.73 Å². The van der Waals surface area contributed by atoms with Gasteiger partial charge in [0.15, 0.2) is 5.58 Å². The van der Waals surface area contributed by atoms with Gasteiger partial charge in [0, 0.05) is 17.8 Å². The molecule has 0 saturated heterocycles. The maximum Gasteiger partial charge on any atom is 0.292 e. The molecule has 0 spiro atoms. The summed E-state index contributed by atoms with van der Waals surface area (Å²) in [5.41, 5.74) is 6.02. The first-order chi connectivity index (χ1) is 15.6. The lowest BCUT2D eigenvalue weighted by molar-refractivity contribution is -0.0963. The number of anilines is 1. The van der Waals surface area contributed by atoms with E-state index in [1.807, 2.05) is 24.3 Å². The summed E-state index contributed by atoms with van der Waals surface area (Å²) in [6, 6.07) is 5.96. The van der Waals surface area contributed by atoms with Gasteiger partial charge in [0.2, 0.25) is 0 Å². The average molecular weight is 455 g/mol. The summed E-state index contributed by atoms with van der Waals surface area (Å²) in [6.45, 7) is 2.15. The van der Waals surface area contributed by atoms with Gasteiger partial charge in [-0.25, -0.2) is 4.39 Å². The fourth-order valence-electron chi connectivity index (χ4n) is 7.45. The van der Waals surface area contributed by atoms with Crippen LogP contribution in [0, 0.1) is 17.3 Å². The molecule has 4 aliphatic carbocycles. The van der Waals surface area contributed by atoms with E-state index in [1.54, 1.807) is 0 Å². The molecule has 7 heteroatoms. The van der Waals surface area contributed by atoms with Crippen LogP contribution in [-0.4, -0.2) is 43.8 Å². The van der Waals surface area contributed by atoms with Crippen LogP contribution >= 0.6 is 0 Å². The number of halogens is 1. The van der Waals surface area contributed by atoms with Gasteiger partial charge in [-0.05, 0) is 73.3 Å². The van der Waals surface area contributed by atoms with E-state index in [4.69, 9.17) is 10.2 Å². The maximum absolute atomic E-state index is 16.2. The lowest BCUT2D eigenvalue weighted by Gasteiger charge is -2.50. The third-order valence-corrected chi connectivity index (χ3v) is 9.18. The SMILES string of the molecule is CC12CC=C3C(O)C4(F)CC(O)CCC4CC[C@]3(O)C1CC=C2c1ccc2nc(N)oc2c1. The van der Waals surface area contributed by atoms with Crippen LogP contribution in [0.1, 0.15) is 57.4 Å². The van der Waals surface area contributed by atoms with Crippen molar-refractivity contribution in [2.45, 2.75) is 75.3 Å². The first-order valence-electron chi connectivity index (χ1n) is 12.0. The molecule has 5 N–H and O–H groups in total. The van der Waals surface area contributed by atoms with Crippen LogP contribution in [0.15, 0.2) is 40.3 Å². The number of hydrogen-bond donors (Lipinski definition) is 4. The zero-order chi connectivity index (χ0) is 23.2.